The molecule has 190 valence electrons. The number of nitrogens with zero attached hydrogens (tertiary/aromatic N) is 6. The number of carbonyl (C=O) groups excluding carboxylic acids is 2. The molecular weight excluding hydrogens is 468 g/mol. The maximum atomic E-state index is 13.1. The average molecular weight is 499 g/mol. The molecule has 0 atom stereocenters. The second kappa shape index (κ2) is 9.36. The molecule has 0 aliphatic carbocycles. The van der Waals surface area contributed by atoms with Gasteiger partial charge >= 0.3 is 0 Å². The third-order valence-corrected chi connectivity index (χ3v) is 6.47. The molecule has 0 saturated carbocycles. The largest absolute Gasteiger partial charge is 0.324 e. The zero-order valence-corrected chi connectivity index (χ0v) is 21.7. The molecule has 0 aromatic carbocycles. The fourth-order valence-electron chi connectivity index (χ4n) is 4.74. The SMILES string of the molecule is Cc1cc(-c2ccc3c(C(=O)Nc4cc(NC(=O)CN5CC(C)(C)C5)cnc4C)nnn3c2)c(C)cn1. The number of rotatable bonds is 6. The van der Waals surface area contributed by atoms with E-state index in [1.54, 1.807) is 23.7 Å². The fraction of sp³-hybridized carbons (Fsp3) is 0.333. The van der Waals surface area contributed by atoms with Crippen LogP contribution in [0.3, 0.4) is 0 Å². The molecule has 0 bridgehead atoms. The Balaban J connectivity index is 1.31. The Labute approximate surface area is 215 Å². The Morgan fingerprint density at radius 2 is 1.81 bits per heavy atom. The highest BCUT2D eigenvalue weighted by molar-refractivity contribution is 6.08. The summed E-state index contributed by atoms with van der Waals surface area (Å²) in [6.45, 7) is 12.2. The van der Waals surface area contributed by atoms with Crippen molar-refractivity contribution in [2.24, 2.45) is 5.41 Å². The summed E-state index contributed by atoms with van der Waals surface area (Å²) < 4.78 is 1.60. The second-order valence-electron chi connectivity index (χ2n) is 10.5. The normalized spacial score (nSPS) is 14.8. The number of anilines is 2. The van der Waals surface area contributed by atoms with E-state index in [2.05, 4.69) is 49.7 Å². The first-order valence-electron chi connectivity index (χ1n) is 12.2. The zero-order valence-electron chi connectivity index (χ0n) is 21.7. The van der Waals surface area contributed by atoms with Crippen LogP contribution in [0.25, 0.3) is 16.6 Å². The molecule has 0 radical (unpaired) electrons. The number of aromatic nitrogens is 5. The van der Waals surface area contributed by atoms with E-state index in [0.29, 0.717) is 29.1 Å². The summed E-state index contributed by atoms with van der Waals surface area (Å²) in [6, 6.07) is 7.50. The number of hydrogen-bond donors (Lipinski definition) is 2. The highest BCUT2D eigenvalue weighted by Crippen LogP contribution is 2.28. The number of likely N-dealkylation sites (tertiary alicyclic amines) is 1. The maximum Gasteiger partial charge on any atom is 0.278 e. The molecule has 0 spiro atoms. The van der Waals surface area contributed by atoms with E-state index in [-0.39, 0.29) is 17.0 Å². The molecular formula is C27H30N8O2. The van der Waals surface area contributed by atoms with Crippen LogP contribution in [0, 0.1) is 26.2 Å². The topological polar surface area (TPSA) is 117 Å². The lowest BCUT2D eigenvalue weighted by Crippen LogP contribution is -2.54. The molecule has 2 amide bonds. The van der Waals surface area contributed by atoms with Gasteiger partial charge in [0.25, 0.3) is 5.91 Å². The Morgan fingerprint density at radius 1 is 1.03 bits per heavy atom. The van der Waals surface area contributed by atoms with Crippen molar-refractivity contribution in [3.63, 3.8) is 0 Å². The minimum Gasteiger partial charge on any atom is -0.324 e. The van der Waals surface area contributed by atoms with E-state index >= 15 is 0 Å². The minimum absolute atomic E-state index is 0.113. The predicted octanol–water partition coefficient (Wildman–Crippen LogP) is 3.64. The van der Waals surface area contributed by atoms with Crippen molar-refractivity contribution in [2.75, 3.05) is 30.3 Å². The quantitative estimate of drug-likeness (QED) is 0.417. The summed E-state index contributed by atoms with van der Waals surface area (Å²) in [5.41, 5.74) is 6.65. The first-order chi connectivity index (χ1) is 17.6. The Hall–Kier alpha value is -4.18. The predicted molar refractivity (Wildman–Crippen MR) is 141 cm³/mol. The van der Waals surface area contributed by atoms with Crippen LogP contribution >= 0.6 is 0 Å². The molecule has 37 heavy (non-hydrogen) atoms. The standard InChI is InChI=1S/C27H30N8O2/c1-16-10-28-17(2)8-21(16)19-6-7-23-25(32-33-35(23)12-19)26(37)31-22-9-20(11-29-18(22)3)30-24(36)13-34-14-27(4,5)15-34/h6-12H,13-15H2,1-5H3,(H,30,36)(H,31,37). The molecule has 5 heterocycles. The smallest absolute Gasteiger partial charge is 0.278 e. The van der Waals surface area contributed by atoms with E-state index in [1.165, 1.54) is 0 Å². The molecule has 1 saturated heterocycles. The lowest BCUT2D eigenvalue weighted by atomic mass is 9.84. The van der Waals surface area contributed by atoms with Crippen molar-refractivity contribution in [2.45, 2.75) is 34.6 Å². The molecule has 4 aromatic rings. The van der Waals surface area contributed by atoms with Gasteiger partial charge < -0.3 is 10.6 Å². The van der Waals surface area contributed by atoms with Crippen molar-refractivity contribution in [3.05, 3.63) is 65.5 Å². The number of carbonyl (C=O) groups is 2. The number of aryl methyl sites for hydroxylation is 3. The van der Waals surface area contributed by atoms with Gasteiger partial charge in [0.15, 0.2) is 5.69 Å². The van der Waals surface area contributed by atoms with Crippen molar-refractivity contribution >= 4 is 28.7 Å². The van der Waals surface area contributed by atoms with Gasteiger partial charge in [-0.1, -0.05) is 25.1 Å². The van der Waals surface area contributed by atoms with Gasteiger partial charge in [0.1, 0.15) is 0 Å². The molecule has 1 aliphatic rings. The molecule has 1 aliphatic heterocycles. The summed E-state index contributed by atoms with van der Waals surface area (Å²) in [5, 5.41) is 14.0. The van der Waals surface area contributed by atoms with E-state index < -0.39 is 5.91 Å². The summed E-state index contributed by atoms with van der Waals surface area (Å²) in [6.07, 6.45) is 5.28. The number of pyridine rings is 3. The van der Waals surface area contributed by atoms with Crippen molar-refractivity contribution < 1.29 is 9.59 Å². The van der Waals surface area contributed by atoms with Crippen LogP contribution in [0.4, 0.5) is 11.4 Å². The number of hydrogen-bond acceptors (Lipinski definition) is 7. The molecule has 0 unspecified atom stereocenters. The van der Waals surface area contributed by atoms with Crippen LogP contribution in [-0.2, 0) is 4.79 Å². The van der Waals surface area contributed by atoms with Crippen LogP contribution in [0.5, 0.6) is 0 Å². The summed E-state index contributed by atoms with van der Waals surface area (Å²) in [7, 11) is 0. The molecule has 10 nitrogen and oxygen atoms in total. The Morgan fingerprint density at radius 3 is 2.57 bits per heavy atom. The van der Waals surface area contributed by atoms with Crippen LogP contribution in [0.15, 0.2) is 42.9 Å². The van der Waals surface area contributed by atoms with Crippen LogP contribution in [-0.4, -0.2) is 61.1 Å². The van der Waals surface area contributed by atoms with Gasteiger partial charge in [-0.15, -0.1) is 5.10 Å². The number of nitrogens with one attached hydrogen (secondary N) is 2. The lowest BCUT2D eigenvalue weighted by molar-refractivity contribution is -0.120. The van der Waals surface area contributed by atoms with Gasteiger partial charge in [-0.2, -0.15) is 0 Å². The van der Waals surface area contributed by atoms with Crippen molar-refractivity contribution in [3.8, 4) is 11.1 Å². The minimum atomic E-state index is -0.408. The molecule has 1 fully saturated rings. The molecule has 4 aromatic heterocycles. The first kappa shape index (κ1) is 24.5. The number of fused-ring (bicyclic) bond motifs is 1. The molecule has 5 rings (SSSR count). The van der Waals surface area contributed by atoms with E-state index in [9.17, 15) is 9.59 Å². The Bertz CT molecular complexity index is 1520. The first-order valence-corrected chi connectivity index (χ1v) is 12.2. The van der Waals surface area contributed by atoms with Crippen LogP contribution < -0.4 is 10.6 Å². The van der Waals surface area contributed by atoms with Gasteiger partial charge in [0.05, 0.1) is 35.3 Å². The molecule has 2 N–H and O–H groups in total. The highest BCUT2D eigenvalue weighted by Gasteiger charge is 2.34. The monoisotopic (exact) mass is 498 g/mol. The second-order valence-corrected chi connectivity index (χ2v) is 10.5. The van der Waals surface area contributed by atoms with Gasteiger partial charge in [-0.05, 0) is 55.5 Å². The maximum absolute atomic E-state index is 13.1. The Kier molecular flexibility index (Phi) is 6.20. The van der Waals surface area contributed by atoms with Crippen molar-refractivity contribution in [1.82, 2.24) is 29.7 Å². The van der Waals surface area contributed by atoms with E-state index in [1.807, 2.05) is 44.4 Å². The van der Waals surface area contributed by atoms with Crippen molar-refractivity contribution in [1.29, 1.82) is 0 Å². The molecule has 10 heteroatoms. The van der Waals surface area contributed by atoms with E-state index in [4.69, 9.17) is 0 Å². The third kappa shape index (κ3) is 5.19. The summed E-state index contributed by atoms with van der Waals surface area (Å²) in [4.78, 5) is 36.3. The van der Waals surface area contributed by atoms with Gasteiger partial charge in [-0.25, -0.2) is 4.52 Å². The van der Waals surface area contributed by atoms with Gasteiger partial charge in [-0.3, -0.25) is 24.5 Å². The lowest BCUT2D eigenvalue weighted by Gasteiger charge is -2.45. The van der Waals surface area contributed by atoms with Crippen LogP contribution in [0.2, 0.25) is 0 Å². The summed E-state index contributed by atoms with van der Waals surface area (Å²) in [5.74, 6) is -0.520. The zero-order chi connectivity index (χ0) is 26.3. The van der Waals surface area contributed by atoms with Gasteiger partial charge in [0.2, 0.25) is 5.91 Å². The third-order valence-electron chi connectivity index (χ3n) is 6.47. The average Bonchev–Trinajstić information content (AvgIpc) is 3.25. The number of amides is 2. The fourth-order valence-corrected chi connectivity index (χ4v) is 4.74. The highest BCUT2D eigenvalue weighted by atomic mass is 16.2. The van der Waals surface area contributed by atoms with E-state index in [0.717, 1.165) is 35.5 Å². The van der Waals surface area contributed by atoms with Crippen LogP contribution in [0.1, 0.15) is 41.3 Å². The summed E-state index contributed by atoms with van der Waals surface area (Å²) >= 11 is 0. The van der Waals surface area contributed by atoms with Gasteiger partial charge in [0, 0.05) is 36.7 Å².